The SMILES string of the molecule is O=C(CCNC(=O)C12CC3CC(CC(C3)C1)C2)NNC(=O)c1ccc([N+](=O)[O-])cc1. The lowest BCUT2D eigenvalue weighted by molar-refractivity contribution is -0.384. The molecule has 0 aromatic heterocycles. The number of amides is 3. The van der Waals surface area contributed by atoms with E-state index in [1.165, 1.54) is 43.5 Å². The van der Waals surface area contributed by atoms with Gasteiger partial charge < -0.3 is 5.32 Å². The fourth-order valence-corrected chi connectivity index (χ4v) is 5.86. The van der Waals surface area contributed by atoms with E-state index in [0.717, 1.165) is 19.3 Å². The van der Waals surface area contributed by atoms with Gasteiger partial charge in [-0.15, -0.1) is 0 Å². The van der Waals surface area contributed by atoms with Gasteiger partial charge in [0.25, 0.3) is 11.6 Å². The summed E-state index contributed by atoms with van der Waals surface area (Å²) in [5, 5.41) is 13.6. The van der Waals surface area contributed by atoms with Gasteiger partial charge in [-0.05, 0) is 68.4 Å². The van der Waals surface area contributed by atoms with Crippen LogP contribution in [0.3, 0.4) is 0 Å². The molecule has 3 N–H and O–H groups in total. The fourth-order valence-electron chi connectivity index (χ4n) is 5.86. The van der Waals surface area contributed by atoms with E-state index in [0.29, 0.717) is 17.8 Å². The highest BCUT2D eigenvalue weighted by atomic mass is 16.6. The first-order valence-corrected chi connectivity index (χ1v) is 10.5. The van der Waals surface area contributed by atoms with Gasteiger partial charge in [-0.25, -0.2) is 0 Å². The third-order valence-corrected chi connectivity index (χ3v) is 6.81. The van der Waals surface area contributed by atoms with Crippen molar-refractivity contribution < 1.29 is 19.3 Å². The minimum Gasteiger partial charge on any atom is -0.355 e. The average Bonchev–Trinajstić information content (AvgIpc) is 2.71. The van der Waals surface area contributed by atoms with Crippen LogP contribution in [0.2, 0.25) is 0 Å². The van der Waals surface area contributed by atoms with Crippen molar-refractivity contribution in [3.63, 3.8) is 0 Å². The maximum atomic E-state index is 12.8. The van der Waals surface area contributed by atoms with Crippen molar-refractivity contribution >= 4 is 23.4 Å². The van der Waals surface area contributed by atoms with Crippen molar-refractivity contribution in [2.45, 2.75) is 44.9 Å². The quantitative estimate of drug-likeness (QED) is 0.485. The van der Waals surface area contributed by atoms with Gasteiger partial charge in [0.1, 0.15) is 0 Å². The number of nitro benzene ring substituents is 1. The minimum absolute atomic E-state index is 0.0542. The molecule has 4 bridgehead atoms. The molecule has 160 valence electrons. The molecule has 4 fully saturated rings. The van der Waals surface area contributed by atoms with Crippen LogP contribution in [0.1, 0.15) is 55.3 Å². The summed E-state index contributed by atoms with van der Waals surface area (Å²) in [4.78, 5) is 46.9. The Hall–Kier alpha value is -2.97. The molecule has 0 saturated heterocycles. The Morgan fingerprint density at radius 2 is 1.53 bits per heavy atom. The molecule has 0 unspecified atom stereocenters. The number of hydrogen-bond acceptors (Lipinski definition) is 5. The number of carbonyl (C=O) groups is 3. The third kappa shape index (κ3) is 4.15. The van der Waals surface area contributed by atoms with Crippen LogP contribution in [0.4, 0.5) is 5.69 Å². The van der Waals surface area contributed by atoms with Gasteiger partial charge in [-0.3, -0.25) is 35.3 Å². The first-order valence-electron chi connectivity index (χ1n) is 10.5. The van der Waals surface area contributed by atoms with Crippen molar-refractivity contribution in [2.24, 2.45) is 23.2 Å². The van der Waals surface area contributed by atoms with Crippen molar-refractivity contribution in [3.05, 3.63) is 39.9 Å². The molecule has 4 saturated carbocycles. The number of rotatable bonds is 6. The highest BCUT2D eigenvalue weighted by molar-refractivity contribution is 5.95. The molecule has 0 heterocycles. The monoisotopic (exact) mass is 414 g/mol. The highest BCUT2D eigenvalue weighted by Gasteiger charge is 2.54. The molecule has 1 aromatic carbocycles. The summed E-state index contributed by atoms with van der Waals surface area (Å²) < 4.78 is 0. The Bertz CT molecular complexity index is 831. The largest absolute Gasteiger partial charge is 0.355 e. The Balaban J connectivity index is 1.19. The number of hydrogen-bond donors (Lipinski definition) is 3. The van der Waals surface area contributed by atoms with E-state index in [2.05, 4.69) is 16.2 Å². The molecule has 0 aliphatic heterocycles. The van der Waals surface area contributed by atoms with E-state index < -0.39 is 16.7 Å². The van der Waals surface area contributed by atoms with Crippen LogP contribution in [0.5, 0.6) is 0 Å². The van der Waals surface area contributed by atoms with Crippen LogP contribution in [0.15, 0.2) is 24.3 Å². The Morgan fingerprint density at radius 3 is 2.07 bits per heavy atom. The van der Waals surface area contributed by atoms with Gasteiger partial charge >= 0.3 is 0 Å². The molecule has 3 amide bonds. The molecule has 1 aromatic rings. The number of nitro groups is 1. The molecule has 4 aliphatic carbocycles. The smallest absolute Gasteiger partial charge is 0.269 e. The van der Waals surface area contributed by atoms with E-state index in [1.807, 2.05) is 0 Å². The second-order valence-corrected chi connectivity index (χ2v) is 9.01. The van der Waals surface area contributed by atoms with Gasteiger partial charge in [0.2, 0.25) is 11.8 Å². The third-order valence-electron chi connectivity index (χ3n) is 6.81. The molecule has 9 nitrogen and oxygen atoms in total. The maximum Gasteiger partial charge on any atom is 0.269 e. The molecule has 0 spiro atoms. The van der Waals surface area contributed by atoms with E-state index in [4.69, 9.17) is 0 Å². The molecular formula is C21H26N4O5. The standard InChI is InChI=1S/C21H26N4O5/c26-18(23-24-19(27)16-1-3-17(4-2-16)25(29)30)5-6-22-20(28)21-10-13-7-14(11-21)9-15(8-13)12-21/h1-4,13-15H,5-12H2,(H,22,28)(H,23,26)(H,24,27). The molecule has 30 heavy (non-hydrogen) atoms. The van der Waals surface area contributed by atoms with E-state index in [-0.39, 0.29) is 35.5 Å². The summed E-state index contributed by atoms with van der Waals surface area (Å²) in [5.41, 5.74) is 4.41. The predicted octanol–water partition coefficient (Wildman–Crippen LogP) is 2.08. The lowest BCUT2D eigenvalue weighted by Crippen LogP contribution is -2.54. The van der Waals surface area contributed by atoms with Crippen molar-refractivity contribution in [1.82, 2.24) is 16.2 Å². The minimum atomic E-state index is -0.573. The molecule has 0 radical (unpaired) electrons. The van der Waals surface area contributed by atoms with Gasteiger partial charge in [-0.2, -0.15) is 0 Å². The van der Waals surface area contributed by atoms with E-state index in [1.54, 1.807) is 0 Å². The summed E-state index contributed by atoms with van der Waals surface area (Å²) in [6, 6.07) is 5.06. The normalized spacial score (nSPS) is 28.6. The molecular weight excluding hydrogens is 388 g/mol. The zero-order valence-corrected chi connectivity index (χ0v) is 16.7. The summed E-state index contributed by atoms with van der Waals surface area (Å²) in [5.74, 6) is 1.12. The number of non-ortho nitro benzene ring substituents is 1. The van der Waals surface area contributed by atoms with Gasteiger partial charge in [-0.1, -0.05) is 0 Å². The first-order chi connectivity index (χ1) is 14.3. The van der Waals surface area contributed by atoms with Crippen LogP contribution >= 0.6 is 0 Å². The number of carbonyl (C=O) groups excluding carboxylic acids is 3. The summed E-state index contributed by atoms with van der Waals surface area (Å²) in [7, 11) is 0. The molecule has 0 atom stereocenters. The molecule has 9 heteroatoms. The number of nitrogens with zero attached hydrogens (tertiary/aromatic N) is 1. The highest BCUT2D eigenvalue weighted by Crippen LogP contribution is 2.60. The predicted molar refractivity (Wildman–Crippen MR) is 107 cm³/mol. The zero-order valence-electron chi connectivity index (χ0n) is 16.7. The van der Waals surface area contributed by atoms with Crippen LogP contribution in [0.25, 0.3) is 0 Å². The summed E-state index contributed by atoms with van der Waals surface area (Å²) >= 11 is 0. The summed E-state index contributed by atoms with van der Waals surface area (Å²) in [6.07, 6.45) is 6.78. The molecule has 4 aliphatic rings. The number of nitrogens with one attached hydrogen (secondary N) is 3. The Kier molecular flexibility index (Phi) is 5.44. The number of hydrazine groups is 1. The Labute approximate surface area is 174 Å². The van der Waals surface area contributed by atoms with Crippen LogP contribution < -0.4 is 16.2 Å². The van der Waals surface area contributed by atoms with Crippen LogP contribution in [0, 0.1) is 33.3 Å². The van der Waals surface area contributed by atoms with Gasteiger partial charge in [0, 0.05) is 36.1 Å². The first kappa shape index (κ1) is 20.3. The second-order valence-electron chi connectivity index (χ2n) is 9.01. The topological polar surface area (TPSA) is 130 Å². The lowest BCUT2D eigenvalue weighted by atomic mass is 9.49. The molecule has 5 rings (SSSR count). The van der Waals surface area contributed by atoms with Gasteiger partial charge in [0.05, 0.1) is 4.92 Å². The van der Waals surface area contributed by atoms with Gasteiger partial charge in [0.15, 0.2) is 0 Å². The fraction of sp³-hybridized carbons (Fsp3) is 0.571. The second kappa shape index (κ2) is 8.04. The van der Waals surface area contributed by atoms with Crippen molar-refractivity contribution in [1.29, 1.82) is 0 Å². The van der Waals surface area contributed by atoms with Crippen LogP contribution in [-0.2, 0) is 9.59 Å². The lowest BCUT2D eigenvalue weighted by Gasteiger charge is -2.55. The number of benzene rings is 1. The summed E-state index contributed by atoms with van der Waals surface area (Å²) in [6.45, 7) is 0.222. The Morgan fingerprint density at radius 1 is 0.967 bits per heavy atom. The van der Waals surface area contributed by atoms with E-state index >= 15 is 0 Å². The van der Waals surface area contributed by atoms with E-state index in [9.17, 15) is 24.5 Å². The zero-order chi connectivity index (χ0) is 21.3. The maximum absolute atomic E-state index is 12.8. The van der Waals surface area contributed by atoms with Crippen LogP contribution in [-0.4, -0.2) is 29.2 Å². The van der Waals surface area contributed by atoms with Crippen molar-refractivity contribution in [3.8, 4) is 0 Å². The average molecular weight is 414 g/mol. The van der Waals surface area contributed by atoms with Crippen molar-refractivity contribution in [2.75, 3.05) is 6.54 Å².